The van der Waals surface area contributed by atoms with Gasteiger partial charge < -0.3 is 10.6 Å². The van der Waals surface area contributed by atoms with E-state index in [1.165, 1.54) is 12.1 Å². The van der Waals surface area contributed by atoms with Crippen LogP contribution in [0.2, 0.25) is 10.0 Å². The smallest absolute Gasteiger partial charge is 0.255 e. The van der Waals surface area contributed by atoms with Crippen LogP contribution >= 0.6 is 23.2 Å². The number of carbonyl (C=O) groups is 2. The highest BCUT2D eigenvalue weighted by Crippen LogP contribution is 2.20. The minimum absolute atomic E-state index is 0.115. The van der Waals surface area contributed by atoms with Gasteiger partial charge in [0.2, 0.25) is 0 Å². The van der Waals surface area contributed by atoms with Crippen LogP contribution in [0, 0.1) is 0 Å². The van der Waals surface area contributed by atoms with E-state index in [2.05, 4.69) is 10.6 Å². The van der Waals surface area contributed by atoms with E-state index in [1.807, 2.05) is 13.8 Å². The van der Waals surface area contributed by atoms with Gasteiger partial charge in [-0.05, 0) is 55.8 Å². The maximum Gasteiger partial charge on any atom is 0.255 e. The number of hydrogen-bond acceptors (Lipinski definition) is 2. The van der Waals surface area contributed by atoms with Gasteiger partial charge in [0.05, 0.1) is 0 Å². The molecule has 2 rings (SSSR count). The lowest BCUT2D eigenvalue weighted by Gasteiger charge is -2.12. The number of halogens is 2. The summed E-state index contributed by atoms with van der Waals surface area (Å²) >= 11 is 11.8. The van der Waals surface area contributed by atoms with Crippen molar-refractivity contribution in [3.05, 3.63) is 63.6 Å². The van der Waals surface area contributed by atoms with E-state index in [0.29, 0.717) is 26.9 Å². The third kappa shape index (κ3) is 4.98. The average molecular weight is 365 g/mol. The van der Waals surface area contributed by atoms with Crippen molar-refractivity contribution in [2.24, 2.45) is 0 Å². The van der Waals surface area contributed by atoms with Crippen LogP contribution in [-0.2, 0) is 0 Å². The first kappa shape index (κ1) is 18.3. The zero-order chi connectivity index (χ0) is 17.7. The van der Waals surface area contributed by atoms with Gasteiger partial charge in [-0.2, -0.15) is 0 Å². The lowest BCUT2D eigenvalue weighted by Crippen LogP contribution is -2.31. The summed E-state index contributed by atoms with van der Waals surface area (Å²) in [5, 5.41) is 6.42. The summed E-state index contributed by atoms with van der Waals surface area (Å²) in [5.41, 5.74) is 1.49. The summed E-state index contributed by atoms with van der Waals surface area (Å²) in [5.74, 6) is -0.458. The second-order valence-electron chi connectivity index (χ2n) is 5.47. The van der Waals surface area contributed by atoms with Crippen molar-refractivity contribution in [1.82, 2.24) is 5.32 Å². The topological polar surface area (TPSA) is 58.2 Å². The molecule has 1 unspecified atom stereocenters. The van der Waals surface area contributed by atoms with Crippen molar-refractivity contribution >= 4 is 40.7 Å². The molecular weight excluding hydrogens is 347 g/mol. The van der Waals surface area contributed by atoms with Gasteiger partial charge in [-0.15, -0.1) is 0 Å². The highest BCUT2D eigenvalue weighted by atomic mass is 35.5. The Morgan fingerprint density at radius 1 is 0.958 bits per heavy atom. The number of nitrogens with one attached hydrogen (secondary N) is 2. The van der Waals surface area contributed by atoms with Crippen LogP contribution in [-0.4, -0.2) is 17.9 Å². The van der Waals surface area contributed by atoms with E-state index in [-0.39, 0.29) is 17.9 Å². The van der Waals surface area contributed by atoms with Crippen LogP contribution in [0.1, 0.15) is 41.0 Å². The molecule has 2 aromatic carbocycles. The third-order valence-electron chi connectivity index (χ3n) is 3.52. The van der Waals surface area contributed by atoms with E-state index in [1.54, 1.807) is 30.3 Å². The van der Waals surface area contributed by atoms with Crippen LogP contribution in [0.5, 0.6) is 0 Å². The molecule has 0 saturated carbocycles. The second kappa shape index (κ2) is 8.18. The SMILES string of the molecule is CCC(C)NC(=O)c1ccc(NC(=O)c2cc(Cl)cc(Cl)c2)cc1. The summed E-state index contributed by atoms with van der Waals surface area (Å²) < 4.78 is 0. The minimum atomic E-state index is -0.323. The van der Waals surface area contributed by atoms with Gasteiger partial charge in [0.25, 0.3) is 11.8 Å². The molecular formula is C18H18Cl2N2O2. The fourth-order valence-corrected chi connectivity index (χ4v) is 2.53. The molecule has 0 aliphatic rings. The number of hydrogen-bond donors (Lipinski definition) is 2. The summed E-state index contributed by atoms with van der Waals surface area (Å²) in [6, 6.07) is 11.4. The van der Waals surface area contributed by atoms with Crippen molar-refractivity contribution in [2.45, 2.75) is 26.3 Å². The molecule has 2 N–H and O–H groups in total. The summed E-state index contributed by atoms with van der Waals surface area (Å²) in [4.78, 5) is 24.2. The molecule has 0 fully saturated rings. The van der Waals surface area contributed by atoms with E-state index in [9.17, 15) is 9.59 Å². The van der Waals surface area contributed by atoms with Gasteiger partial charge in [0, 0.05) is 32.9 Å². The fourth-order valence-electron chi connectivity index (χ4n) is 2.00. The lowest BCUT2D eigenvalue weighted by molar-refractivity contribution is 0.0938. The number of carbonyl (C=O) groups excluding carboxylic acids is 2. The van der Waals surface area contributed by atoms with Gasteiger partial charge >= 0.3 is 0 Å². The van der Waals surface area contributed by atoms with Crippen LogP contribution in [0.3, 0.4) is 0 Å². The van der Waals surface area contributed by atoms with Gasteiger partial charge in [-0.1, -0.05) is 30.1 Å². The normalized spacial score (nSPS) is 11.7. The number of benzene rings is 2. The fraction of sp³-hybridized carbons (Fsp3) is 0.222. The molecule has 1 atom stereocenters. The average Bonchev–Trinajstić information content (AvgIpc) is 2.54. The van der Waals surface area contributed by atoms with Crippen molar-refractivity contribution in [3.63, 3.8) is 0 Å². The lowest BCUT2D eigenvalue weighted by atomic mass is 10.1. The predicted molar refractivity (Wildman–Crippen MR) is 98.1 cm³/mol. The zero-order valence-electron chi connectivity index (χ0n) is 13.4. The van der Waals surface area contributed by atoms with E-state index in [4.69, 9.17) is 23.2 Å². The zero-order valence-corrected chi connectivity index (χ0v) is 14.9. The van der Waals surface area contributed by atoms with Crippen LogP contribution in [0.15, 0.2) is 42.5 Å². The van der Waals surface area contributed by atoms with Gasteiger partial charge in [0.15, 0.2) is 0 Å². The van der Waals surface area contributed by atoms with Crippen LogP contribution in [0.25, 0.3) is 0 Å². The van der Waals surface area contributed by atoms with E-state index < -0.39 is 0 Å². The molecule has 4 nitrogen and oxygen atoms in total. The Morgan fingerprint density at radius 2 is 1.54 bits per heavy atom. The van der Waals surface area contributed by atoms with Gasteiger partial charge in [0.1, 0.15) is 0 Å². The molecule has 0 heterocycles. The maximum atomic E-state index is 12.2. The Bertz CT molecular complexity index is 725. The first-order chi connectivity index (χ1) is 11.4. The molecule has 0 radical (unpaired) electrons. The predicted octanol–water partition coefficient (Wildman–Crippen LogP) is 4.77. The summed E-state index contributed by atoms with van der Waals surface area (Å²) in [6.07, 6.45) is 0.863. The van der Waals surface area contributed by atoms with Crippen molar-refractivity contribution in [2.75, 3.05) is 5.32 Å². The van der Waals surface area contributed by atoms with Crippen molar-refractivity contribution < 1.29 is 9.59 Å². The van der Waals surface area contributed by atoms with Gasteiger partial charge in [-0.25, -0.2) is 0 Å². The maximum absolute atomic E-state index is 12.2. The molecule has 0 bridgehead atoms. The van der Waals surface area contributed by atoms with E-state index in [0.717, 1.165) is 6.42 Å². The van der Waals surface area contributed by atoms with Crippen molar-refractivity contribution in [3.8, 4) is 0 Å². The molecule has 0 aliphatic carbocycles. The highest BCUT2D eigenvalue weighted by Gasteiger charge is 2.11. The van der Waals surface area contributed by atoms with Gasteiger partial charge in [-0.3, -0.25) is 9.59 Å². The molecule has 2 aromatic rings. The minimum Gasteiger partial charge on any atom is -0.350 e. The molecule has 0 saturated heterocycles. The number of anilines is 1. The molecule has 24 heavy (non-hydrogen) atoms. The monoisotopic (exact) mass is 364 g/mol. The number of amides is 2. The quantitative estimate of drug-likeness (QED) is 0.802. The van der Waals surface area contributed by atoms with E-state index >= 15 is 0 Å². The molecule has 0 aliphatic heterocycles. The molecule has 0 spiro atoms. The second-order valence-corrected chi connectivity index (χ2v) is 6.35. The largest absolute Gasteiger partial charge is 0.350 e. The Kier molecular flexibility index (Phi) is 6.23. The first-order valence-corrected chi connectivity index (χ1v) is 8.33. The van der Waals surface area contributed by atoms with Crippen LogP contribution < -0.4 is 10.6 Å². The summed E-state index contributed by atoms with van der Waals surface area (Å²) in [6.45, 7) is 3.95. The Morgan fingerprint density at radius 3 is 2.08 bits per heavy atom. The molecule has 2 amide bonds. The Labute approximate surface area is 151 Å². The highest BCUT2D eigenvalue weighted by molar-refractivity contribution is 6.35. The Hall–Kier alpha value is -2.04. The standard InChI is InChI=1S/C18H18Cl2N2O2/c1-3-11(2)21-17(23)12-4-6-16(7-5-12)22-18(24)13-8-14(19)10-15(20)9-13/h4-11H,3H2,1-2H3,(H,21,23)(H,22,24). The first-order valence-electron chi connectivity index (χ1n) is 7.57. The number of rotatable bonds is 5. The molecule has 126 valence electrons. The summed E-state index contributed by atoms with van der Waals surface area (Å²) in [7, 11) is 0. The molecule has 6 heteroatoms. The Balaban J connectivity index is 2.05. The van der Waals surface area contributed by atoms with Crippen molar-refractivity contribution in [1.29, 1.82) is 0 Å². The molecule has 0 aromatic heterocycles. The van der Waals surface area contributed by atoms with Crippen LogP contribution in [0.4, 0.5) is 5.69 Å². The third-order valence-corrected chi connectivity index (χ3v) is 3.96.